The first-order valence-electron chi connectivity index (χ1n) is 11.6. The quantitative estimate of drug-likeness (QED) is 0.564. The first-order valence-corrected chi connectivity index (χ1v) is 11.6. The number of piperidine rings is 1. The van der Waals surface area contributed by atoms with Crippen molar-refractivity contribution < 1.29 is 9.59 Å². The van der Waals surface area contributed by atoms with Gasteiger partial charge in [-0.3, -0.25) is 9.59 Å². The van der Waals surface area contributed by atoms with Crippen LogP contribution in [0.2, 0.25) is 0 Å². The molecule has 1 saturated carbocycles. The number of pyridine rings is 1. The third-order valence-corrected chi connectivity index (χ3v) is 7.20. The van der Waals surface area contributed by atoms with E-state index in [-0.39, 0.29) is 11.7 Å². The molecule has 0 bridgehead atoms. The van der Waals surface area contributed by atoms with E-state index in [9.17, 15) is 9.59 Å². The van der Waals surface area contributed by atoms with Crippen molar-refractivity contribution in [1.29, 1.82) is 0 Å². The fourth-order valence-electron chi connectivity index (χ4n) is 5.27. The Labute approximate surface area is 191 Å². The number of Topliss-reactive ketones (excluding diaryl/α,β-unsaturated/α-hetero) is 1. The van der Waals surface area contributed by atoms with Crippen molar-refractivity contribution in [3.63, 3.8) is 0 Å². The molecule has 3 heterocycles. The van der Waals surface area contributed by atoms with Gasteiger partial charge in [-0.25, -0.2) is 9.67 Å². The maximum atomic E-state index is 12.8. The van der Waals surface area contributed by atoms with Crippen molar-refractivity contribution in [2.75, 3.05) is 12.3 Å². The predicted molar refractivity (Wildman–Crippen MR) is 121 cm³/mol. The summed E-state index contributed by atoms with van der Waals surface area (Å²) in [4.78, 5) is 31.3. The molecule has 2 fully saturated rings. The van der Waals surface area contributed by atoms with Crippen LogP contribution >= 0.6 is 0 Å². The van der Waals surface area contributed by atoms with Crippen LogP contribution in [-0.2, 0) is 24.3 Å². The van der Waals surface area contributed by atoms with Gasteiger partial charge in [-0.2, -0.15) is 0 Å². The zero-order chi connectivity index (χ0) is 22.5. The Morgan fingerprint density at radius 2 is 1.88 bits per heavy atom. The molecule has 1 aliphatic heterocycles. The highest BCUT2D eigenvalue weighted by Gasteiger charge is 2.51. The summed E-state index contributed by atoms with van der Waals surface area (Å²) in [7, 11) is 0. The Morgan fingerprint density at radius 1 is 1.09 bits per heavy atom. The monoisotopic (exact) mass is 442 g/mol. The lowest BCUT2D eigenvalue weighted by Gasteiger charge is -2.18. The minimum Gasteiger partial charge on any atom is -0.384 e. The molecule has 2 aliphatic carbocycles. The van der Waals surface area contributed by atoms with Gasteiger partial charge >= 0.3 is 0 Å². The van der Waals surface area contributed by atoms with Gasteiger partial charge in [0.15, 0.2) is 5.78 Å². The lowest BCUT2D eigenvalue weighted by molar-refractivity contribution is -0.130. The number of nitrogens with two attached hydrogens (primary N) is 1. The summed E-state index contributed by atoms with van der Waals surface area (Å²) < 4.78 is 1.70. The van der Waals surface area contributed by atoms with Crippen molar-refractivity contribution in [1.82, 2.24) is 24.9 Å². The average Bonchev–Trinajstić information content (AvgIpc) is 3.10. The molecule has 168 valence electrons. The van der Waals surface area contributed by atoms with Crippen LogP contribution in [0.15, 0.2) is 42.6 Å². The second-order valence-corrected chi connectivity index (χ2v) is 9.57. The molecule has 2 aromatic heterocycles. The SMILES string of the molecule is Nc1ccc2c(n1)CCC2CC(=O)c1cn(Cc2ccc(CN3CC4CC4C3=O)cc2)nn1. The van der Waals surface area contributed by atoms with Crippen molar-refractivity contribution >= 4 is 17.5 Å². The lowest BCUT2D eigenvalue weighted by atomic mass is 9.95. The molecule has 0 spiro atoms. The van der Waals surface area contributed by atoms with E-state index in [1.54, 1.807) is 16.9 Å². The number of nitrogen functional groups attached to an aromatic ring is 1. The minimum absolute atomic E-state index is 0.000369. The Kier molecular flexibility index (Phi) is 4.74. The van der Waals surface area contributed by atoms with Gasteiger partial charge in [0.2, 0.25) is 5.91 Å². The summed E-state index contributed by atoms with van der Waals surface area (Å²) in [5, 5.41) is 8.27. The van der Waals surface area contributed by atoms with Crippen LogP contribution in [0.25, 0.3) is 0 Å². The number of hydrogen-bond acceptors (Lipinski definition) is 6. The molecule has 3 atom stereocenters. The Bertz CT molecular complexity index is 1230. The summed E-state index contributed by atoms with van der Waals surface area (Å²) in [6.45, 7) is 2.13. The number of carbonyl (C=O) groups is 2. The van der Waals surface area contributed by atoms with Gasteiger partial charge in [-0.15, -0.1) is 5.10 Å². The van der Waals surface area contributed by atoms with Crippen molar-refractivity contribution in [2.24, 2.45) is 11.8 Å². The standard InChI is InChI=1S/C25H26N6O2/c26-24-8-6-19-17(5-7-21(19)27-24)10-23(32)22-14-31(29-28-22)12-16-3-1-15(2-4-16)11-30-13-18-9-20(18)25(30)33/h1-4,6,8,14,17-18,20H,5,7,9-13H2,(H2,26,27). The number of fused-ring (bicyclic) bond motifs is 2. The average molecular weight is 443 g/mol. The molecule has 6 rings (SSSR count). The summed E-state index contributed by atoms with van der Waals surface area (Å²) in [6.07, 6.45) is 4.97. The Morgan fingerprint density at radius 3 is 2.64 bits per heavy atom. The Hall–Kier alpha value is -3.55. The number of carbonyl (C=O) groups excluding carboxylic acids is 2. The number of aromatic nitrogens is 4. The summed E-state index contributed by atoms with van der Waals surface area (Å²) >= 11 is 0. The van der Waals surface area contributed by atoms with Crippen LogP contribution in [0.1, 0.15) is 58.1 Å². The zero-order valence-electron chi connectivity index (χ0n) is 18.4. The number of hydrogen-bond donors (Lipinski definition) is 1. The van der Waals surface area contributed by atoms with Crippen molar-refractivity contribution in [2.45, 2.75) is 44.7 Å². The molecule has 3 aliphatic rings. The van der Waals surface area contributed by atoms with Gasteiger partial charge in [0.25, 0.3) is 0 Å². The van der Waals surface area contributed by atoms with Gasteiger partial charge in [0, 0.05) is 31.1 Å². The van der Waals surface area contributed by atoms with Crippen LogP contribution < -0.4 is 5.73 Å². The molecule has 3 aromatic rings. The molecule has 0 radical (unpaired) electrons. The molecule has 8 nitrogen and oxygen atoms in total. The van der Waals surface area contributed by atoms with Gasteiger partial charge < -0.3 is 10.6 Å². The minimum atomic E-state index is -0.000369. The van der Waals surface area contributed by atoms with E-state index >= 15 is 0 Å². The van der Waals surface area contributed by atoms with Crippen LogP contribution in [-0.4, -0.2) is 43.1 Å². The number of aryl methyl sites for hydroxylation is 1. The van der Waals surface area contributed by atoms with E-state index in [1.807, 2.05) is 23.1 Å². The molecule has 1 aromatic carbocycles. The number of rotatable bonds is 7. The van der Waals surface area contributed by atoms with Crippen molar-refractivity contribution in [3.8, 4) is 0 Å². The molecule has 2 N–H and O–H groups in total. The third-order valence-electron chi connectivity index (χ3n) is 7.20. The number of benzene rings is 1. The van der Waals surface area contributed by atoms with Crippen LogP contribution in [0.5, 0.6) is 0 Å². The van der Waals surface area contributed by atoms with E-state index in [4.69, 9.17) is 5.73 Å². The van der Waals surface area contributed by atoms with Crippen LogP contribution in [0.4, 0.5) is 5.82 Å². The highest BCUT2D eigenvalue weighted by molar-refractivity contribution is 5.94. The van der Waals surface area contributed by atoms with E-state index in [0.717, 1.165) is 48.2 Å². The number of ketones is 1. The number of amides is 1. The highest BCUT2D eigenvalue weighted by Crippen LogP contribution is 2.46. The molecule has 1 amide bonds. The number of likely N-dealkylation sites (tertiary alicyclic amines) is 1. The van der Waals surface area contributed by atoms with E-state index < -0.39 is 0 Å². The lowest BCUT2D eigenvalue weighted by Crippen LogP contribution is -2.27. The van der Waals surface area contributed by atoms with Gasteiger partial charge in [0.1, 0.15) is 11.5 Å². The van der Waals surface area contributed by atoms with Crippen LogP contribution in [0, 0.1) is 11.8 Å². The number of anilines is 1. The largest absolute Gasteiger partial charge is 0.384 e. The highest BCUT2D eigenvalue weighted by atomic mass is 16.2. The molecule has 8 heteroatoms. The third kappa shape index (κ3) is 3.90. The van der Waals surface area contributed by atoms with E-state index in [1.165, 1.54) is 0 Å². The molecular formula is C25H26N6O2. The summed E-state index contributed by atoms with van der Waals surface area (Å²) in [5.41, 5.74) is 10.5. The second kappa shape index (κ2) is 7.79. The summed E-state index contributed by atoms with van der Waals surface area (Å²) in [6, 6.07) is 12.0. The first kappa shape index (κ1) is 20.1. The van der Waals surface area contributed by atoms with Gasteiger partial charge in [-0.1, -0.05) is 35.5 Å². The number of nitrogens with zero attached hydrogens (tertiary/aromatic N) is 5. The Balaban J connectivity index is 1.06. The van der Waals surface area contributed by atoms with Gasteiger partial charge in [0.05, 0.1) is 12.7 Å². The topological polar surface area (TPSA) is 107 Å². The maximum Gasteiger partial charge on any atom is 0.226 e. The predicted octanol–water partition coefficient (Wildman–Crippen LogP) is 2.58. The maximum absolute atomic E-state index is 12.8. The molecular weight excluding hydrogens is 416 g/mol. The summed E-state index contributed by atoms with van der Waals surface area (Å²) in [5.74, 6) is 1.89. The van der Waals surface area contributed by atoms with Crippen molar-refractivity contribution in [3.05, 3.63) is 70.7 Å². The second-order valence-electron chi connectivity index (χ2n) is 9.57. The first-order chi connectivity index (χ1) is 16.0. The normalized spacial score (nSPS) is 23.0. The van der Waals surface area contributed by atoms with Gasteiger partial charge in [-0.05, 0) is 53.9 Å². The van der Waals surface area contributed by atoms with E-state index in [0.29, 0.717) is 48.8 Å². The fourth-order valence-corrected chi connectivity index (χ4v) is 5.27. The molecule has 33 heavy (non-hydrogen) atoms. The van der Waals surface area contributed by atoms with Crippen LogP contribution in [0.3, 0.4) is 0 Å². The fraction of sp³-hybridized carbons (Fsp3) is 0.400. The molecule has 3 unspecified atom stereocenters. The molecule has 1 saturated heterocycles. The zero-order valence-corrected chi connectivity index (χ0v) is 18.4. The van der Waals surface area contributed by atoms with E-state index in [2.05, 4.69) is 27.4 Å². The smallest absolute Gasteiger partial charge is 0.226 e.